The Morgan fingerprint density at radius 1 is 1.33 bits per heavy atom. The molecule has 1 aliphatic heterocycles. The van der Waals surface area contributed by atoms with E-state index in [1.54, 1.807) is 8.99 Å². The summed E-state index contributed by atoms with van der Waals surface area (Å²) < 4.78 is 25.3. The Balaban J connectivity index is 1.75. The first kappa shape index (κ1) is 17.9. The van der Waals surface area contributed by atoms with E-state index < -0.39 is 9.92 Å². The zero-order valence-electron chi connectivity index (χ0n) is 15.4. The SMILES string of the molecule is Cc1nn(C)c(C)c1S(=N)(=O)N1CCC2(CC1)CC(C(C)C)C2O. The fourth-order valence-electron chi connectivity index (χ4n) is 4.57. The number of aryl methyl sites for hydroxylation is 2. The molecule has 1 saturated carbocycles. The van der Waals surface area contributed by atoms with Gasteiger partial charge in [-0.3, -0.25) is 4.68 Å². The van der Waals surface area contributed by atoms with E-state index >= 15 is 0 Å². The Kier molecular flexibility index (Phi) is 4.33. The maximum atomic E-state index is 13.2. The lowest BCUT2D eigenvalue weighted by Crippen LogP contribution is -2.59. The molecular formula is C17H30N4O2S. The molecular weight excluding hydrogens is 324 g/mol. The Morgan fingerprint density at radius 2 is 1.92 bits per heavy atom. The van der Waals surface area contributed by atoms with Crippen molar-refractivity contribution in [3.05, 3.63) is 11.4 Å². The van der Waals surface area contributed by atoms with Crippen LogP contribution in [0.25, 0.3) is 0 Å². The number of rotatable bonds is 3. The van der Waals surface area contributed by atoms with Gasteiger partial charge in [0.15, 0.2) is 0 Å². The van der Waals surface area contributed by atoms with Gasteiger partial charge >= 0.3 is 0 Å². The van der Waals surface area contributed by atoms with Crippen LogP contribution in [0, 0.1) is 35.9 Å². The highest BCUT2D eigenvalue weighted by atomic mass is 32.2. The molecule has 1 aromatic rings. The first-order chi connectivity index (χ1) is 11.1. The summed E-state index contributed by atoms with van der Waals surface area (Å²) in [6, 6.07) is 0. The van der Waals surface area contributed by atoms with Crippen molar-refractivity contribution in [2.45, 2.75) is 58.0 Å². The van der Waals surface area contributed by atoms with Crippen molar-refractivity contribution in [2.24, 2.45) is 24.3 Å². The van der Waals surface area contributed by atoms with E-state index in [4.69, 9.17) is 4.78 Å². The molecule has 2 heterocycles. The van der Waals surface area contributed by atoms with Gasteiger partial charge in [0.25, 0.3) is 0 Å². The van der Waals surface area contributed by atoms with E-state index in [-0.39, 0.29) is 11.5 Å². The Labute approximate surface area is 145 Å². The molecule has 0 radical (unpaired) electrons. The van der Waals surface area contributed by atoms with E-state index in [1.165, 1.54) is 0 Å². The number of nitrogens with zero attached hydrogens (tertiary/aromatic N) is 3. The van der Waals surface area contributed by atoms with Crippen molar-refractivity contribution in [1.29, 1.82) is 4.78 Å². The summed E-state index contributed by atoms with van der Waals surface area (Å²) in [7, 11) is -1.19. The van der Waals surface area contributed by atoms with Gasteiger partial charge in [-0.1, -0.05) is 13.8 Å². The molecule has 0 amide bonds. The summed E-state index contributed by atoms with van der Waals surface area (Å²) in [4.78, 5) is 0.565. The van der Waals surface area contributed by atoms with Crippen LogP contribution in [0.1, 0.15) is 44.5 Å². The molecule has 24 heavy (non-hydrogen) atoms. The van der Waals surface area contributed by atoms with E-state index in [0.717, 1.165) is 25.0 Å². The lowest BCUT2D eigenvalue weighted by Gasteiger charge is -2.57. The summed E-state index contributed by atoms with van der Waals surface area (Å²) in [6.45, 7) is 9.25. The molecule has 3 rings (SSSR count). The van der Waals surface area contributed by atoms with Gasteiger partial charge in [0.1, 0.15) is 14.8 Å². The van der Waals surface area contributed by atoms with Crippen LogP contribution in [0.4, 0.5) is 0 Å². The molecule has 0 bridgehead atoms. The van der Waals surface area contributed by atoms with Gasteiger partial charge in [0, 0.05) is 20.1 Å². The molecule has 136 valence electrons. The molecule has 1 saturated heterocycles. The van der Waals surface area contributed by atoms with E-state index in [9.17, 15) is 9.32 Å². The highest BCUT2D eigenvalue weighted by molar-refractivity contribution is 7.90. The minimum absolute atomic E-state index is 0.0139. The van der Waals surface area contributed by atoms with Crippen LogP contribution in [0.3, 0.4) is 0 Å². The minimum Gasteiger partial charge on any atom is -0.392 e. The molecule has 1 aliphatic carbocycles. The molecule has 1 aromatic heterocycles. The minimum atomic E-state index is -3.02. The molecule has 2 N–H and O–H groups in total. The first-order valence-electron chi connectivity index (χ1n) is 8.82. The van der Waals surface area contributed by atoms with Crippen LogP contribution in [0.15, 0.2) is 4.90 Å². The van der Waals surface area contributed by atoms with Crippen LogP contribution >= 0.6 is 0 Å². The second kappa shape index (κ2) is 5.81. The molecule has 2 fully saturated rings. The van der Waals surface area contributed by atoms with Gasteiger partial charge in [-0.05, 0) is 50.4 Å². The van der Waals surface area contributed by atoms with Gasteiger partial charge in [-0.25, -0.2) is 13.3 Å². The van der Waals surface area contributed by atoms with E-state index in [0.29, 0.717) is 35.5 Å². The Morgan fingerprint density at radius 3 is 2.33 bits per heavy atom. The van der Waals surface area contributed by atoms with Gasteiger partial charge in [-0.2, -0.15) is 5.10 Å². The summed E-state index contributed by atoms with van der Waals surface area (Å²) in [5, 5.41) is 14.9. The summed E-state index contributed by atoms with van der Waals surface area (Å²) in [5.74, 6) is 0.893. The molecule has 0 aromatic carbocycles. The number of nitrogens with one attached hydrogen (secondary N) is 1. The smallest absolute Gasteiger partial charge is 0.140 e. The molecule has 1 spiro atoms. The Bertz CT molecular complexity index is 730. The number of aromatic nitrogens is 2. The number of aliphatic hydroxyl groups excluding tert-OH is 1. The van der Waals surface area contributed by atoms with E-state index in [1.807, 2.05) is 20.9 Å². The van der Waals surface area contributed by atoms with Crippen LogP contribution < -0.4 is 0 Å². The second-order valence-corrected chi connectivity index (χ2v) is 9.97. The largest absolute Gasteiger partial charge is 0.392 e. The molecule has 3 unspecified atom stereocenters. The van der Waals surface area contributed by atoms with Crippen LogP contribution in [0.5, 0.6) is 0 Å². The lowest BCUT2D eigenvalue weighted by molar-refractivity contribution is -0.156. The van der Waals surface area contributed by atoms with Crippen LogP contribution in [-0.4, -0.2) is 42.6 Å². The monoisotopic (exact) mass is 354 g/mol. The Hall–Kier alpha value is -0.920. The fourth-order valence-corrected chi connectivity index (χ4v) is 6.50. The molecule has 7 heteroatoms. The quantitative estimate of drug-likeness (QED) is 0.875. The van der Waals surface area contributed by atoms with E-state index in [2.05, 4.69) is 18.9 Å². The number of hydrogen-bond donors (Lipinski definition) is 2. The van der Waals surface area contributed by atoms with Crippen molar-refractivity contribution >= 4 is 9.92 Å². The van der Waals surface area contributed by atoms with Crippen LogP contribution in [-0.2, 0) is 17.0 Å². The lowest BCUT2D eigenvalue weighted by atomic mass is 9.53. The zero-order valence-corrected chi connectivity index (χ0v) is 16.2. The summed E-state index contributed by atoms with van der Waals surface area (Å²) >= 11 is 0. The highest BCUT2D eigenvalue weighted by Crippen LogP contribution is 2.55. The fraction of sp³-hybridized carbons (Fsp3) is 0.824. The van der Waals surface area contributed by atoms with Crippen molar-refractivity contribution < 1.29 is 9.32 Å². The van der Waals surface area contributed by atoms with Crippen molar-refractivity contribution in [1.82, 2.24) is 14.1 Å². The maximum Gasteiger partial charge on any atom is 0.140 e. The molecule has 3 atom stereocenters. The molecule has 2 aliphatic rings. The molecule has 6 nitrogen and oxygen atoms in total. The number of aliphatic hydroxyl groups is 1. The van der Waals surface area contributed by atoms with Gasteiger partial charge in [0.05, 0.1) is 17.5 Å². The standard InChI is InChI=1S/C17H30N4O2S/c1-11(2)14-10-17(16(14)22)6-8-21(9-7-17)24(18,23)15-12(3)19-20(5)13(15)4/h11,14,16,18,22H,6-10H2,1-5H3. The predicted octanol–water partition coefficient (Wildman–Crippen LogP) is 2.48. The third-order valence-electron chi connectivity index (χ3n) is 6.33. The second-order valence-electron chi connectivity index (χ2n) is 8.00. The van der Waals surface area contributed by atoms with Gasteiger partial charge in [0.2, 0.25) is 0 Å². The predicted molar refractivity (Wildman–Crippen MR) is 94.0 cm³/mol. The summed E-state index contributed by atoms with van der Waals surface area (Å²) in [6.07, 6.45) is 2.46. The topological polar surface area (TPSA) is 82.2 Å². The van der Waals surface area contributed by atoms with Crippen LogP contribution in [0.2, 0.25) is 0 Å². The average Bonchev–Trinajstić information content (AvgIpc) is 2.77. The number of piperidine rings is 1. The highest BCUT2D eigenvalue weighted by Gasteiger charge is 2.55. The average molecular weight is 355 g/mol. The normalized spacial score (nSPS) is 29.6. The number of hydrogen-bond acceptors (Lipinski definition) is 4. The van der Waals surface area contributed by atoms with Crippen molar-refractivity contribution in [3.63, 3.8) is 0 Å². The summed E-state index contributed by atoms with van der Waals surface area (Å²) in [5.41, 5.74) is 1.47. The maximum absolute atomic E-state index is 13.2. The van der Waals surface area contributed by atoms with Gasteiger partial charge < -0.3 is 5.11 Å². The van der Waals surface area contributed by atoms with Gasteiger partial charge in [-0.15, -0.1) is 0 Å². The third-order valence-corrected chi connectivity index (χ3v) is 8.57. The van der Waals surface area contributed by atoms with Crippen molar-refractivity contribution in [3.8, 4) is 0 Å². The third kappa shape index (κ3) is 2.52. The first-order valence-corrected chi connectivity index (χ1v) is 10.3. The van der Waals surface area contributed by atoms with Crippen molar-refractivity contribution in [2.75, 3.05) is 13.1 Å². The zero-order chi connectivity index (χ0) is 17.9.